The van der Waals surface area contributed by atoms with E-state index >= 15 is 0 Å². The van der Waals surface area contributed by atoms with E-state index in [1.165, 1.54) is 64.2 Å². The highest BCUT2D eigenvalue weighted by Crippen LogP contribution is 2.39. The lowest BCUT2D eigenvalue weighted by Crippen LogP contribution is -2.27. The zero-order chi connectivity index (χ0) is 9.80. The second-order valence-electron chi connectivity index (χ2n) is 5.24. The number of hydrogen-bond donors (Lipinski definition) is 0. The van der Waals surface area contributed by atoms with Gasteiger partial charge in [0.2, 0.25) is 0 Å². The third kappa shape index (κ3) is 4.10. The maximum absolute atomic E-state index is 2.78. The first kappa shape index (κ1) is 14.1. The molecule has 90 valence electrons. The summed E-state index contributed by atoms with van der Waals surface area (Å²) in [6.45, 7) is 0. The van der Waals surface area contributed by atoms with E-state index in [9.17, 15) is 0 Å². The average molecular weight is 340 g/mol. The summed E-state index contributed by atoms with van der Waals surface area (Å²) < 4.78 is 1.01. The van der Waals surface area contributed by atoms with Gasteiger partial charge in [0, 0.05) is 3.92 Å². The minimum Gasteiger partial charge on any atom is -0.197 e. The van der Waals surface area contributed by atoms with Crippen LogP contribution in [0, 0.1) is 11.8 Å². The van der Waals surface area contributed by atoms with Gasteiger partial charge in [-0.3, -0.25) is 0 Å². The van der Waals surface area contributed by atoms with Crippen LogP contribution in [0.25, 0.3) is 0 Å². The van der Waals surface area contributed by atoms with Gasteiger partial charge in [0.25, 0.3) is 0 Å². The standard InChI is InChI=1S/C13H23I.H2S/c14-13(11-7-3-1-4-8-11)12-9-5-2-6-10-12;/h11-13H,1-10H2;1H2. The van der Waals surface area contributed by atoms with Crippen molar-refractivity contribution in [1.82, 2.24) is 0 Å². The maximum atomic E-state index is 2.78. The van der Waals surface area contributed by atoms with Crippen molar-refractivity contribution >= 4 is 36.1 Å². The summed E-state index contributed by atoms with van der Waals surface area (Å²) in [6, 6.07) is 0. The topological polar surface area (TPSA) is 0 Å². The van der Waals surface area contributed by atoms with Crippen molar-refractivity contribution in [1.29, 1.82) is 0 Å². The van der Waals surface area contributed by atoms with Crippen LogP contribution in [0.15, 0.2) is 0 Å². The van der Waals surface area contributed by atoms with E-state index < -0.39 is 0 Å². The quantitative estimate of drug-likeness (QED) is 0.487. The molecular formula is C13H25IS. The summed E-state index contributed by atoms with van der Waals surface area (Å²) in [5, 5.41) is 0. The maximum Gasteiger partial charge on any atom is 0.0166 e. The summed E-state index contributed by atoms with van der Waals surface area (Å²) in [5.74, 6) is 2.15. The molecule has 2 heteroatoms. The molecule has 2 saturated carbocycles. The van der Waals surface area contributed by atoms with E-state index in [-0.39, 0.29) is 13.5 Å². The fraction of sp³-hybridized carbons (Fsp3) is 1.00. The van der Waals surface area contributed by atoms with Gasteiger partial charge in [-0.15, -0.1) is 0 Å². The molecule has 0 aromatic rings. The zero-order valence-corrected chi connectivity index (χ0v) is 12.8. The van der Waals surface area contributed by atoms with E-state index in [2.05, 4.69) is 22.6 Å². The Morgan fingerprint density at radius 3 is 1.33 bits per heavy atom. The lowest BCUT2D eigenvalue weighted by molar-refractivity contribution is 0.264. The summed E-state index contributed by atoms with van der Waals surface area (Å²) >= 11 is 2.78. The van der Waals surface area contributed by atoms with Gasteiger partial charge in [-0.2, -0.15) is 13.5 Å². The van der Waals surface area contributed by atoms with Crippen molar-refractivity contribution in [3.05, 3.63) is 0 Å². The molecule has 0 bridgehead atoms. The van der Waals surface area contributed by atoms with Gasteiger partial charge in [-0.1, -0.05) is 61.1 Å². The number of hydrogen-bond acceptors (Lipinski definition) is 0. The Morgan fingerprint density at radius 1 is 0.667 bits per heavy atom. The first-order valence-electron chi connectivity index (χ1n) is 6.52. The predicted molar refractivity (Wildman–Crippen MR) is 81.3 cm³/mol. The highest BCUT2D eigenvalue weighted by atomic mass is 127. The van der Waals surface area contributed by atoms with Gasteiger partial charge in [-0.25, -0.2) is 0 Å². The Balaban J connectivity index is 0.00000112. The van der Waals surface area contributed by atoms with E-state index in [0.29, 0.717) is 0 Å². The summed E-state index contributed by atoms with van der Waals surface area (Å²) in [4.78, 5) is 0. The minimum absolute atomic E-state index is 0. The summed E-state index contributed by atoms with van der Waals surface area (Å²) in [7, 11) is 0. The second kappa shape index (κ2) is 7.41. The Kier molecular flexibility index (Phi) is 6.99. The largest absolute Gasteiger partial charge is 0.197 e. The third-order valence-electron chi connectivity index (χ3n) is 4.20. The van der Waals surface area contributed by atoms with Crippen LogP contribution >= 0.6 is 36.1 Å². The Labute approximate surface area is 116 Å². The van der Waals surface area contributed by atoms with Crippen LogP contribution in [0.4, 0.5) is 0 Å². The highest BCUT2D eigenvalue weighted by molar-refractivity contribution is 14.1. The number of rotatable bonds is 2. The number of halogens is 1. The molecule has 2 aliphatic carbocycles. The van der Waals surface area contributed by atoms with Crippen LogP contribution in [-0.2, 0) is 0 Å². The average Bonchev–Trinajstić information content (AvgIpc) is 2.30. The van der Waals surface area contributed by atoms with Crippen LogP contribution in [0.2, 0.25) is 0 Å². The van der Waals surface area contributed by atoms with Crippen molar-refractivity contribution in [2.45, 2.75) is 68.1 Å². The van der Waals surface area contributed by atoms with E-state index in [4.69, 9.17) is 0 Å². The van der Waals surface area contributed by atoms with Crippen molar-refractivity contribution in [2.24, 2.45) is 11.8 Å². The fourth-order valence-corrected chi connectivity index (χ4v) is 4.73. The van der Waals surface area contributed by atoms with Gasteiger partial charge >= 0.3 is 0 Å². The Hall–Kier alpha value is 1.08. The lowest BCUT2D eigenvalue weighted by Gasteiger charge is -2.34. The van der Waals surface area contributed by atoms with Crippen LogP contribution in [0.5, 0.6) is 0 Å². The molecule has 0 aliphatic heterocycles. The molecule has 0 aromatic carbocycles. The van der Waals surface area contributed by atoms with Gasteiger partial charge in [0.05, 0.1) is 0 Å². The normalized spacial score (nSPS) is 25.2. The minimum atomic E-state index is 0. The zero-order valence-electron chi connectivity index (χ0n) is 9.68. The summed E-state index contributed by atoms with van der Waals surface area (Å²) in [5.41, 5.74) is 0. The molecule has 0 unspecified atom stereocenters. The van der Waals surface area contributed by atoms with Crippen molar-refractivity contribution < 1.29 is 0 Å². The molecule has 0 amide bonds. The monoisotopic (exact) mass is 340 g/mol. The van der Waals surface area contributed by atoms with E-state index in [1.54, 1.807) is 0 Å². The molecule has 2 fully saturated rings. The third-order valence-corrected chi connectivity index (χ3v) is 6.23. The fourth-order valence-electron chi connectivity index (χ4n) is 3.29. The molecule has 0 atom stereocenters. The molecule has 0 aromatic heterocycles. The highest BCUT2D eigenvalue weighted by Gasteiger charge is 2.28. The van der Waals surface area contributed by atoms with Crippen LogP contribution in [0.3, 0.4) is 0 Å². The first-order chi connectivity index (χ1) is 6.88. The molecule has 0 spiro atoms. The van der Waals surface area contributed by atoms with Crippen molar-refractivity contribution in [3.8, 4) is 0 Å². The van der Waals surface area contributed by atoms with E-state index in [1.807, 2.05) is 0 Å². The predicted octanol–water partition coefficient (Wildman–Crippen LogP) is 5.06. The van der Waals surface area contributed by atoms with Crippen LogP contribution in [-0.4, -0.2) is 3.92 Å². The first-order valence-corrected chi connectivity index (χ1v) is 7.76. The van der Waals surface area contributed by atoms with Gasteiger partial charge in [-0.05, 0) is 37.5 Å². The van der Waals surface area contributed by atoms with E-state index in [0.717, 1.165) is 15.8 Å². The molecule has 2 rings (SSSR count). The summed E-state index contributed by atoms with van der Waals surface area (Å²) in [6.07, 6.45) is 15.2. The number of alkyl halides is 1. The molecule has 0 N–H and O–H groups in total. The lowest BCUT2D eigenvalue weighted by atomic mass is 9.78. The van der Waals surface area contributed by atoms with Crippen LogP contribution in [0.1, 0.15) is 64.2 Å². The van der Waals surface area contributed by atoms with Gasteiger partial charge in [0.1, 0.15) is 0 Å². The van der Waals surface area contributed by atoms with Crippen molar-refractivity contribution in [2.75, 3.05) is 0 Å². The smallest absolute Gasteiger partial charge is 0.0166 e. The molecule has 2 aliphatic rings. The Bertz CT molecular complexity index is 142. The molecule has 0 saturated heterocycles. The SMILES string of the molecule is IC(C1CCCCC1)C1CCCCC1.S. The molecule has 0 radical (unpaired) electrons. The second-order valence-corrected chi connectivity index (χ2v) is 6.68. The molecular weight excluding hydrogens is 315 g/mol. The van der Waals surface area contributed by atoms with Crippen molar-refractivity contribution in [3.63, 3.8) is 0 Å². The molecule has 0 heterocycles. The molecule has 0 nitrogen and oxygen atoms in total. The Morgan fingerprint density at radius 2 is 1.00 bits per heavy atom. The van der Waals surface area contributed by atoms with Gasteiger partial charge in [0.15, 0.2) is 0 Å². The van der Waals surface area contributed by atoms with Crippen LogP contribution < -0.4 is 0 Å². The van der Waals surface area contributed by atoms with Gasteiger partial charge < -0.3 is 0 Å². The molecule has 15 heavy (non-hydrogen) atoms.